The number of carbonyl (C=O) groups excluding carboxylic acids is 1. The molecule has 7 heteroatoms. The highest BCUT2D eigenvalue weighted by Crippen LogP contribution is 2.25. The van der Waals surface area contributed by atoms with Gasteiger partial charge in [0, 0.05) is 24.7 Å². The Morgan fingerprint density at radius 2 is 1.81 bits per heavy atom. The molecule has 0 bridgehead atoms. The predicted octanol–water partition coefficient (Wildman–Crippen LogP) is 3.14. The molecule has 0 saturated carbocycles. The van der Waals surface area contributed by atoms with E-state index in [1.165, 1.54) is 12.1 Å². The van der Waals surface area contributed by atoms with Crippen molar-refractivity contribution < 1.29 is 13.2 Å². The first-order chi connectivity index (χ1) is 12.5. The zero-order valence-electron chi connectivity index (χ0n) is 14.3. The molecule has 0 unspecified atom stereocenters. The fraction of sp³-hybridized carbons (Fsp3) is 0.316. The number of hydrogen-bond acceptors (Lipinski definition) is 3. The summed E-state index contributed by atoms with van der Waals surface area (Å²) in [6.45, 7) is 1.17. The zero-order chi connectivity index (χ0) is 18.6. The number of urea groups is 1. The van der Waals surface area contributed by atoms with Crippen LogP contribution in [0.4, 0.5) is 4.79 Å². The van der Waals surface area contributed by atoms with Gasteiger partial charge in [0.05, 0.1) is 10.1 Å². The molecule has 1 N–H and O–H groups in total. The molecule has 2 aromatic carbocycles. The minimum atomic E-state index is -3.47. The van der Waals surface area contributed by atoms with E-state index < -0.39 is 15.1 Å². The van der Waals surface area contributed by atoms with Crippen molar-refractivity contribution in [2.75, 3.05) is 19.6 Å². The number of nitrogens with zero attached hydrogens (tertiary/aromatic N) is 1. The summed E-state index contributed by atoms with van der Waals surface area (Å²) in [6.07, 6.45) is 1.18. The van der Waals surface area contributed by atoms with Crippen LogP contribution in [0.1, 0.15) is 12.0 Å². The van der Waals surface area contributed by atoms with Crippen LogP contribution in [0.25, 0.3) is 0 Å². The molecule has 0 aliphatic carbocycles. The van der Waals surface area contributed by atoms with Crippen LogP contribution in [0, 0.1) is 0 Å². The number of halogens is 1. The van der Waals surface area contributed by atoms with Gasteiger partial charge in [-0.3, -0.25) is 0 Å². The molecule has 3 rings (SSSR count). The third-order valence-electron chi connectivity index (χ3n) is 4.55. The molecule has 26 heavy (non-hydrogen) atoms. The normalized spacial score (nSPS) is 17.3. The molecule has 1 aliphatic rings. The Morgan fingerprint density at radius 3 is 2.50 bits per heavy atom. The van der Waals surface area contributed by atoms with Gasteiger partial charge >= 0.3 is 6.03 Å². The third-order valence-corrected chi connectivity index (χ3v) is 6.99. The summed E-state index contributed by atoms with van der Waals surface area (Å²) >= 11 is 5.82. The molecule has 138 valence electrons. The number of hydrogen-bond donors (Lipinski definition) is 1. The van der Waals surface area contributed by atoms with E-state index in [4.69, 9.17) is 11.6 Å². The van der Waals surface area contributed by atoms with E-state index in [-0.39, 0.29) is 17.5 Å². The fourth-order valence-corrected chi connectivity index (χ4v) is 4.87. The molecule has 1 aliphatic heterocycles. The molecule has 2 amide bonds. The second kappa shape index (κ2) is 8.10. The molecule has 1 atom stereocenters. The summed E-state index contributed by atoms with van der Waals surface area (Å²) in [7, 11) is -3.47. The van der Waals surface area contributed by atoms with Crippen LogP contribution in [0.3, 0.4) is 0 Å². The van der Waals surface area contributed by atoms with Crippen molar-refractivity contribution in [3.63, 3.8) is 0 Å². The van der Waals surface area contributed by atoms with Crippen LogP contribution >= 0.6 is 11.6 Å². The van der Waals surface area contributed by atoms with Crippen molar-refractivity contribution in [3.8, 4) is 0 Å². The summed E-state index contributed by atoms with van der Waals surface area (Å²) in [5.74, 6) is 0. The summed E-state index contributed by atoms with van der Waals surface area (Å²) < 4.78 is 25.4. The van der Waals surface area contributed by atoms with Crippen LogP contribution in [0.2, 0.25) is 5.02 Å². The second-order valence-corrected chi connectivity index (χ2v) is 8.99. The van der Waals surface area contributed by atoms with Crippen molar-refractivity contribution in [1.29, 1.82) is 0 Å². The Balaban J connectivity index is 1.54. The third kappa shape index (κ3) is 4.37. The Morgan fingerprint density at radius 1 is 1.12 bits per heavy atom. The Hall–Kier alpha value is -2.05. The van der Waals surface area contributed by atoms with Gasteiger partial charge in [-0.05, 0) is 42.7 Å². The quantitative estimate of drug-likeness (QED) is 0.850. The smallest absolute Gasteiger partial charge is 0.317 e. The van der Waals surface area contributed by atoms with Gasteiger partial charge in [-0.25, -0.2) is 13.2 Å². The Kier molecular flexibility index (Phi) is 5.84. The molecule has 1 fully saturated rings. The molecule has 1 saturated heterocycles. The molecular weight excluding hydrogens is 372 g/mol. The number of amides is 2. The lowest BCUT2D eigenvalue weighted by Crippen LogP contribution is -2.40. The van der Waals surface area contributed by atoms with E-state index in [2.05, 4.69) is 5.32 Å². The first-order valence-electron chi connectivity index (χ1n) is 8.53. The number of carbonyl (C=O) groups is 1. The summed E-state index contributed by atoms with van der Waals surface area (Å²) in [5, 5.41) is 2.78. The molecule has 0 aromatic heterocycles. The molecular formula is C19H21ClN2O3S. The van der Waals surface area contributed by atoms with Gasteiger partial charge < -0.3 is 10.2 Å². The van der Waals surface area contributed by atoms with Crippen molar-refractivity contribution in [1.82, 2.24) is 10.2 Å². The molecule has 0 radical (unpaired) electrons. The first-order valence-corrected chi connectivity index (χ1v) is 10.5. The highest BCUT2D eigenvalue weighted by molar-refractivity contribution is 7.92. The molecule has 5 nitrogen and oxygen atoms in total. The minimum absolute atomic E-state index is 0.210. The number of nitrogens with one attached hydrogen (secondary N) is 1. The van der Waals surface area contributed by atoms with Gasteiger partial charge in [0.2, 0.25) is 0 Å². The van der Waals surface area contributed by atoms with E-state index in [1.807, 2.05) is 30.3 Å². The maximum Gasteiger partial charge on any atom is 0.317 e. The fourth-order valence-electron chi connectivity index (χ4n) is 3.05. The number of likely N-dealkylation sites (tertiary alicyclic amines) is 1. The average molecular weight is 393 g/mol. The Labute approximate surface area is 158 Å². The second-order valence-electron chi connectivity index (χ2n) is 6.32. The maximum absolute atomic E-state index is 12.7. The zero-order valence-corrected chi connectivity index (χ0v) is 15.8. The molecule has 2 aromatic rings. The average Bonchev–Trinajstić information content (AvgIpc) is 3.14. The lowest BCUT2D eigenvalue weighted by molar-refractivity contribution is 0.209. The van der Waals surface area contributed by atoms with Crippen LogP contribution in [0.15, 0.2) is 59.5 Å². The minimum Gasteiger partial charge on any atom is -0.338 e. The highest BCUT2D eigenvalue weighted by atomic mass is 35.5. The van der Waals surface area contributed by atoms with E-state index in [9.17, 15) is 13.2 Å². The maximum atomic E-state index is 12.7. The largest absolute Gasteiger partial charge is 0.338 e. The SMILES string of the molecule is O=C(NCCc1ccccc1)N1CC[C@@H](S(=O)(=O)c2ccc(Cl)cc2)C1. The molecule has 0 spiro atoms. The summed E-state index contributed by atoms with van der Waals surface area (Å²) in [4.78, 5) is 14.1. The lowest BCUT2D eigenvalue weighted by atomic mass is 10.1. The van der Waals surface area contributed by atoms with Gasteiger partial charge in [-0.2, -0.15) is 0 Å². The summed E-state index contributed by atoms with van der Waals surface area (Å²) in [5.41, 5.74) is 1.15. The van der Waals surface area contributed by atoms with E-state index in [0.29, 0.717) is 24.5 Å². The van der Waals surface area contributed by atoms with Crippen molar-refractivity contribution in [2.24, 2.45) is 0 Å². The van der Waals surface area contributed by atoms with Gasteiger partial charge in [-0.15, -0.1) is 0 Å². The van der Waals surface area contributed by atoms with Gasteiger partial charge in [0.25, 0.3) is 0 Å². The summed E-state index contributed by atoms with van der Waals surface area (Å²) in [6, 6.07) is 15.8. The van der Waals surface area contributed by atoms with E-state index >= 15 is 0 Å². The number of rotatable bonds is 5. The van der Waals surface area contributed by atoms with Gasteiger partial charge in [0.15, 0.2) is 9.84 Å². The first kappa shape index (κ1) is 18.7. The monoisotopic (exact) mass is 392 g/mol. The van der Waals surface area contributed by atoms with Crippen LogP contribution in [-0.4, -0.2) is 44.2 Å². The van der Waals surface area contributed by atoms with Gasteiger partial charge in [0.1, 0.15) is 0 Å². The number of benzene rings is 2. The standard InChI is InChI=1S/C19H21ClN2O3S/c20-16-6-8-17(9-7-16)26(24,25)18-11-13-22(14-18)19(23)21-12-10-15-4-2-1-3-5-15/h1-9,18H,10-14H2,(H,21,23)/t18-/m1/s1. The van der Waals surface area contributed by atoms with Crippen LogP contribution in [0.5, 0.6) is 0 Å². The van der Waals surface area contributed by atoms with Crippen LogP contribution in [-0.2, 0) is 16.3 Å². The highest BCUT2D eigenvalue weighted by Gasteiger charge is 2.36. The van der Waals surface area contributed by atoms with E-state index in [1.54, 1.807) is 17.0 Å². The van der Waals surface area contributed by atoms with Crippen LogP contribution < -0.4 is 5.32 Å². The van der Waals surface area contributed by atoms with Crippen molar-refractivity contribution in [3.05, 3.63) is 65.2 Å². The lowest BCUT2D eigenvalue weighted by Gasteiger charge is -2.17. The van der Waals surface area contributed by atoms with Crippen molar-refractivity contribution >= 4 is 27.5 Å². The Bertz CT molecular complexity index is 854. The van der Waals surface area contributed by atoms with E-state index in [0.717, 1.165) is 12.0 Å². The number of sulfone groups is 1. The van der Waals surface area contributed by atoms with Gasteiger partial charge in [-0.1, -0.05) is 41.9 Å². The van der Waals surface area contributed by atoms with Crippen molar-refractivity contribution in [2.45, 2.75) is 23.0 Å². The predicted molar refractivity (Wildman–Crippen MR) is 102 cm³/mol. The topological polar surface area (TPSA) is 66.5 Å². The molecule has 1 heterocycles.